The molecule has 0 bridgehead atoms. The molecule has 2 aromatic rings. The van der Waals surface area contributed by atoms with Gasteiger partial charge in [-0.1, -0.05) is 13.0 Å². The number of carbonyl (C=O) groups excluding carboxylic acids is 1. The first kappa shape index (κ1) is 25.9. The molecule has 1 aromatic heterocycles. The average molecular weight is 491 g/mol. The van der Waals surface area contributed by atoms with Gasteiger partial charge in [0.25, 0.3) is 5.91 Å². The Morgan fingerprint density at radius 3 is 2.62 bits per heavy atom. The molecule has 0 aliphatic carbocycles. The molecule has 2 heterocycles. The van der Waals surface area contributed by atoms with Crippen LogP contribution in [0, 0.1) is 5.92 Å². The zero-order chi connectivity index (χ0) is 24.9. The number of pyridine rings is 1. The fraction of sp³-hybridized carbons (Fsp3) is 0.500. The van der Waals surface area contributed by atoms with Gasteiger partial charge in [-0.05, 0) is 43.2 Å². The van der Waals surface area contributed by atoms with Gasteiger partial charge in [-0.2, -0.15) is 0 Å². The van der Waals surface area contributed by atoms with Gasteiger partial charge in [0.2, 0.25) is 10.0 Å². The summed E-state index contributed by atoms with van der Waals surface area (Å²) in [5.74, 6) is 0.270. The molecule has 1 aliphatic heterocycles. The van der Waals surface area contributed by atoms with Gasteiger partial charge in [0.15, 0.2) is 0 Å². The Bertz CT molecular complexity index is 1080. The number of methoxy groups -OCH3 is 1. The second-order valence-electron chi connectivity index (χ2n) is 8.93. The molecule has 1 N–H and O–H groups in total. The summed E-state index contributed by atoms with van der Waals surface area (Å²) in [6.45, 7) is 6.32. The van der Waals surface area contributed by atoms with E-state index >= 15 is 0 Å². The number of nitrogens with zero attached hydrogens (tertiary/aromatic N) is 3. The summed E-state index contributed by atoms with van der Waals surface area (Å²) in [6, 6.07) is 10.6. The minimum Gasteiger partial charge on any atom is -0.491 e. The molecule has 0 radical (unpaired) electrons. The number of benzene rings is 1. The standard InChI is InChI=1S/C24H34N4O5S/c1-17-13-28(14-20-8-6-7-11-25-20)18(2)16-33-22-10-9-19(26-34(5,30)31)12-21(22)24(29)27(3)15-23(17)32-4/h6-12,17-18,23,26H,13-16H2,1-5H3/t17-,18-,23-/m0/s1. The van der Waals surface area contributed by atoms with Crippen molar-refractivity contribution in [1.82, 2.24) is 14.8 Å². The molecule has 0 saturated carbocycles. The molecule has 0 fully saturated rings. The average Bonchev–Trinajstić information content (AvgIpc) is 2.79. The maximum Gasteiger partial charge on any atom is 0.257 e. The van der Waals surface area contributed by atoms with Crippen molar-refractivity contribution in [1.29, 1.82) is 0 Å². The first-order valence-electron chi connectivity index (χ1n) is 11.2. The summed E-state index contributed by atoms with van der Waals surface area (Å²) in [7, 11) is -0.123. The van der Waals surface area contributed by atoms with Crippen molar-refractivity contribution >= 4 is 21.6 Å². The van der Waals surface area contributed by atoms with Crippen molar-refractivity contribution in [3.63, 3.8) is 0 Å². The van der Waals surface area contributed by atoms with E-state index in [1.807, 2.05) is 18.2 Å². The quantitative estimate of drug-likeness (QED) is 0.687. The largest absolute Gasteiger partial charge is 0.491 e. The lowest BCUT2D eigenvalue weighted by molar-refractivity contribution is 0.00901. The second-order valence-corrected chi connectivity index (χ2v) is 10.7. The fourth-order valence-electron chi connectivity index (χ4n) is 4.05. The number of likely N-dealkylation sites (N-methyl/N-ethyl adjacent to an activating group) is 1. The van der Waals surface area contributed by atoms with Crippen LogP contribution >= 0.6 is 0 Å². The summed E-state index contributed by atoms with van der Waals surface area (Å²) < 4.78 is 37.7. The van der Waals surface area contributed by atoms with E-state index < -0.39 is 10.0 Å². The van der Waals surface area contributed by atoms with Crippen molar-refractivity contribution in [3.05, 3.63) is 53.9 Å². The van der Waals surface area contributed by atoms with Gasteiger partial charge in [-0.15, -0.1) is 0 Å². The summed E-state index contributed by atoms with van der Waals surface area (Å²) in [4.78, 5) is 21.7. The third kappa shape index (κ3) is 6.91. The number of fused-ring (bicyclic) bond motifs is 1. The van der Waals surface area contributed by atoms with E-state index in [0.717, 1.165) is 18.5 Å². The van der Waals surface area contributed by atoms with Gasteiger partial charge in [0.1, 0.15) is 12.4 Å². The highest BCUT2D eigenvalue weighted by molar-refractivity contribution is 7.92. The summed E-state index contributed by atoms with van der Waals surface area (Å²) >= 11 is 0. The van der Waals surface area contributed by atoms with Crippen LogP contribution in [-0.2, 0) is 21.3 Å². The van der Waals surface area contributed by atoms with E-state index in [1.165, 1.54) is 6.07 Å². The molecule has 1 amide bonds. The zero-order valence-electron chi connectivity index (χ0n) is 20.4. The van der Waals surface area contributed by atoms with Gasteiger partial charge in [0, 0.05) is 51.7 Å². The van der Waals surface area contributed by atoms with E-state index in [9.17, 15) is 13.2 Å². The fourth-order valence-corrected chi connectivity index (χ4v) is 4.60. The van der Waals surface area contributed by atoms with Gasteiger partial charge in [-0.25, -0.2) is 8.42 Å². The monoisotopic (exact) mass is 490 g/mol. The van der Waals surface area contributed by atoms with Crippen LogP contribution in [0.2, 0.25) is 0 Å². The summed E-state index contributed by atoms with van der Waals surface area (Å²) in [5, 5.41) is 0. The van der Waals surface area contributed by atoms with Crippen molar-refractivity contribution in [2.24, 2.45) is 5.92 Å². The number of ether oxygens (including phenoxy) is 2. The van der Waals surface area contributed by atoms with E-state index in [4.69, 9.17) is 9.47 Å². The lowest BCUT2D eigenvalue weighted by Gasteiger charge is -2.35. The topological polar surface area (TPSA) is 101 Å². The molecule has 0 saturated heterocycles. The van der Waals surface area contributed by atoms with E-state index in [-0.39, 0.29) is 24.0 Å². The minimum absolute atomic E-state index is 0.0240. The SMILES string of the molecule is CO[C@H]1CN(C)C(=O)c2cc(NS(C)(=O)=O)ccc2OC[C@H](C)N(Cc2ccccn2)C[C@@H]1C. The molecule has 0 spiro atoms. The number of hydrogen-bond acceptors (Lipinski definition) is 7. The van der Waals surface area contributed by atoms with Crippen LogP contribution in [0.3, 0.4) is 0 Å². The zero-order valence-corrected chi connectivity index (χ0v) is 21.2. The molecule has 0 unspecified atom stereocenters. The Kier molecular flexibility index (Phi) is 8.51. The Hall–Kier alpha value is -2.69. The van der Waals surface area contributed by atoms with Gasteiger partial charge >= 0.3 is 0 Å². The lowest BCUT2D eigenvalue weighted by atomic mass is 10.0. The van der Waals surface area contributed by atoms with Gasteiger partial charge in [0.05, 0.1) is 23.6 Å². The number of amides is 1. The maximum absolute atomic E-state index is 13.3. The molecule has 3 rings (SSSR count). The predicted octanol–water partition coefficient (Wildman–Crippen LogP) is 2.46. The normalized spacial score (nSPS) is 22.8. The maximum atomic E-state index is 13.3. The molecular weight excluding hydrogens is 456 g/mol. The first-order chi connectivity index (χ1) is 16.1. The van der Waals surface area contributed by atoms with E-state index in [1.54, 1.807) is 37.4 Å². The van der Waals surface area contributed by atoms with Crippen LogP contribution in [-0.4, -0.2) is 81.4 Å². The van der Waals surface area contributed by atoms with E-state index in [0.29, 0.717) is 36.7 Å². The Labute approximate surface area is 202 Å². The number of nitrogens with one attached hydrogen (secondary N) is 1. The third-order valence-electron chi connectivity index (χ3n) is 5.97. The van der Waals surface area contributed by atoms with Gasteiger partial charge in [-0.3, -0.25) is 19.4 Å². The third-order valence-corrected chi connectivity index (χ3v) is 6.57. The number of carbonyl (C=O) groups is 1. The van der Waals surface area contributed by atoms with Crippen molar-refractivity contribution in [2.75, 3.05) is 44.8 Å². The summed E-state index contributed by atoms with van der Waals surface area (Å²) in [6.07, 6.45) is 2.67. The molecule has 34 heavy (non-hydrogen) atoms. The van der Waals surface area contributed by atoms with Crippen LogP contribution in [0.1, 0.15) is 29.9 Å². The molecular formula is C24H34N4O5S. The molecule has 9 nitrogen and oxygen atoms in total. The number of hydrogen-bond donors (Lipinski definition) is 1. The number of sulfonamides is 1. The Balaban J connectivity index is 1.96. The Morgan fingerprint density at radius 1 is 1.21 bits per heavy atom. The van der Waals surface area contributed by atoms with E-state index in [2.05, 4.69) is 28.5 Å². The van der Waals surface area contributed by atoms with Crippen molar-refractivity contribution in [3.8, 4) is 5.75 Å². The smallest absolute Gasteiger partial charge is 0.257 e. The highest BCUT2D eigenvalue weighted by Crippen LogP contribution is 2.27. The van der Waals surface area contributed by atoms with Crippen LogP contribution < -0.4 is 9.46 Å². The molecule has 1 aliphatic rings. The number of aromatic nitrogens is 1. The number of anilines is 1. The molecule has 186 valence electrons. The van der Waals surface area contributed by atoms with Crippen LogP contribution in [0.25, 0.3) is 0 Å². The second kappa shape index (κ2) is 11.2. The highest BCUT2D eigenvalue weighted by atomic mass is 32.2. The van der Waals surface area contributed by atoms with Crippen molar-refractivity contribution in [2.45, 2.75) is 32.5 Å². The highest BCUT2D eigenvalue weighted by Gasteiger charge is 2.28. The van der Waals surface area contributed by atoms with Crippen LogP contribution in [0.15, 0.2) is 42.6 Å². The van der Waals surface area contributed by atoms with Crippen LogP contribution in [0.5, 0.6) is 5.75 Å². The summed E-state index contributed by atoms with van der Waals surface area (Å²) in [5.41, 5.74) is 1.56. The lowest BCUT2D eigenvalue weighted by Crippen LogP contribution is -2.46. The molecule has 1 aromatic carbocycles. The van der Waals surface area contributed by atoms with Gasteiger partial charge < -0.3 is 14.4 Å². The van der Waals surface area contributed by atoms with Crippen molar-refractivity contribution < 1.29 is 22.7 Å². The molecule has 3 atom stereocenters. The van der Waals surface area contributed by atoms with Crippen LogP contribution in [0.4, 0.5) is 5.69 Å². The Morgan fingerprint density at radius 2 is 1.97 bits per heavy atom. The molecule has 10 heteroatoms. The minimum atomic E-state index is -3.49. The first-order valence-corrected chi connectivity index (χ1v) is 13.1. The number of rotatable bonds is 5. The predicted molar refractivity (Wildman–Crippen MR) is 131 cm³/mol.